The van der Waals surface area contributed by atoms with Crippen molar-refractivity contribution in [3.63, 3.8) is 0 Å². The molecule has 1 aromatic rings. The monoisotopic (exact) mass is 275 g/mol. The minimum Gasteiger partial charge on any atom is -0.382 e. The Hall–Kier alpha value is -2.46. The summed E-state index contributed by atoms with van der Waals surface area (Å²) in [5, 5.41) is 14.3. The van der Waals surface area contributed by atoms with E-state index in [-0.39, 0.29) is 5.57 Å². The van der Waals surface area contributed by atoms with E-state index in [1.807, 2.05) is 13.0 Å². The van der Waals surface area contributed by atoms with Gasteiger partial charge in [0.15, 0.2) is 0 Å². The molecule has 1 aromatic heterocycles. The molecule has 0 atom stereocenters. The maximum Gasteiger partial charge on any atom is 0.263 e. The number of hydrogen-bond donors (Lipinski definition) is 2. The number of nitrogens with zero attached hydrogens (tertiary/aromatic N) is 3. The zero-order valence-corrected chi connectivity index (χ0v) is 11.3. The summed E-state index contributed by atoms with van der Waals surface area (Å²) in [4.78, 5) is 19.5. The fourth-order valence-corrected chi connectivity index (χ4v) is 1.27. The number of nitriles is 1. The quantitative estimate of drug-likeness (QED) is 0.414. The van der Waals surface area contributed by atoms with Crippen LogP contribution in [0.5, 0.6) is 0 Å². The molecule has 7 heteroatoms. The van der Waals surface area contributed by atoms with Gasteiger partial charge in [-0.05, 0) is 19.4 Å². The van der Waals surface area contributed by atoms with E-state index in [9.17, 15) is 4.79 Å². The average molecular weight is 275 g/mol. The van der Waals surface area contributed by atoms with Crippen molar-refractivity contribution in [1.29, 1.82) is 5.26 Å². The molecule has 0 unspecified atom stereocenters. The molecule has 0 aliphatic rings. The van der Waals surface area contributed by atoms with E-state index in [0.29, 0.717) is 32.1 Å². The van der Waals surface area contributed by atoms with Crippen molar-refractivity contribution in [3.8, 4) is 6.07 Å². The summed E-state index contributed by atoms with van der Waals surface area (Å²) in [6.07, 6.45) is 5.10. The van der Waals surface area contributed by atoms with E-state index >= 15 is 0 Å². The third-order valence-corrected chi connectivity index (χ3v) is 2.23. The predicted octanol–water partition coefficient (Wildman–Crippen LogP) is 0.839. The SMILES string of the molecule is CCOCCCNC(=O)/C(C#N)=C\Nc1ncccn1. The first kappa shape index (κ1) is 15.6. The van der Waals surface area contributed by atoms with Crippen LogP contribution >= 0.6 is 0 Å². The number of anilines is 1. The number of carbonyl (C=O) groups is 1. The number of ether oxygens (including phenoxy) is 1. The molecule has 0 aliphatic carbocycles. The molecule has 7 nitrogen and oxygen atoms in total. The largest absolute Gasteiger partial charge is 0.382 e. The molecule has 0 fully saturated rings. The molecule has 0 spiro atoms. The van der Waals surface area contributed by atoms with Crippen molar-refractivity contribution in [2.75, 3.05) is 25.1 Å². The Morgan fingerprint density at radius 3 is 2.90 bits per heavy atom. The van der Waals surface area contributed by atoms with Crippen LogP contribution in [0.25, 0.3) is 0 Å². The molecule has 1 rings (SSSR count). The zero-order chi connectivity index (χ0) is 14.6. The third kappa shape index (κ3) is 5.93. The van der Waals surface area contributed by atoms with Crippen LogP contribution in [-0.4, -0.2) is 35.6 Å². The van der Waals surface area contributed by atoms with Crippen LogP contribution < -0.4 is 10.6 Å². The molecule has 1 heterocycles. The third-order valence-electron chi connectivity index (χ3n) is 2.23. The summed E-state index contributed by atoms with van der Waals surface area (Å²) in [5.74, 6) is -0.114. The molecule has 0 saturated carbocycles. The van der Waals surface area contributed by atoms with Crippen molar-refractivity contribution in [2.45, 2.75) is 13.3 Å². The van der Waals surface area contributed by atoms with Crippen LogP contribution in [0, 0.1) is 11.3 Å². The van der Waals surface area contributed by atoms with Gasteiger partial charge in [0, 0.05) is 38.4 Å². The lowest BCUT2D eigenvalue weighted by Crippen LogP contribution is -2.26. The van der Waals surface area contributed by atoms with Crippen molar-refractivity contribution in [3.05, 3.63) is 30.2 Å². The molecule has 0 bridgehead atoms. The molecular weight excluding hydrogens is 258 g/mol. The van der Waals surface area contributed by atoms with Gasteiger partial charge in [-0.2, -0.15) is 5.26 Å². The summed E-state index contributed by atoms with van der Waals surface area (Å²) < 4.78 is 5.15. The number of carbonyl (C=O) groups excluding carboxylic acids is 1. The first-order valence-electron chi connectivity index (χ1n) is 6.27. The van der Waals surface area contributed by atoms with E-state index in [4.69, 9.17) is 10.00 Å². The molecule has 2 N–H and O–H groups in total. The highest BCUT2D eigenvalue weighted by molar-refractivity contribution is 5.97. The van der Waals surface area contributed by atoms with Crippen molar-refractivity contribution < 1.29 is 9.53 Å². The average Bonchev–Trinajstić information content (AvgIpc) is 2.48. The Bertz CT molecular complexity index is 481. The van der Waals surface area contributed by atoms with Crippen LogP contribution in [0.2, 0.25) is 0 Å². The standard InChI is InChI=1S/C13H17N5O2/c1-2-20-8-4-7-15-12(19)11(9-14)10-18-13-16-5-3-6-17-13/h3,5-6,10H,2,4,7-8H2,1H3,(H,15,19)(H,16,17,18)/b11-10-. The normalized spacial score (nSPS) is 10.7. The molecular formula is C13H17N5O2. The van der Waals surface area contributed by atoms with Gasteiger partial charge >= 0.3 is 0 Å². The molecule has 106 valence electrons. The van der Waals surface area contributed by atoms with Crippen molar-refractivity contribution >= 4 is 11.9 Å². The van der Waals surface area contributed by atoms with E-state index in [1.54, 1.807) is 18.5 Å². The van der Waals surface area contributed by atoms with Gasteiger partial charge < -0.3 is 15.4 Å². The van der Waals surface area contributed by atoms with Gasteiger partial charge in [0.2, 0.25) is 5.95 Å². The Balaban J connectivity index is 2.41. The maximum atomic E-state index is 11.7. The van der Waals surface area contributed by atoms with Crippen LogP contribution in [0.1, 0.15) is 13.3 Å². The van der Waals surface area contributed by atoms with Gasteiger partial charge in [0.05, 0.1) is 0 Å². The number of nitrogens with one attached hydrogen (secondary N) is 2. The second-order valence-electron chi connectivity index (χ2n) is 3.69. The number of rotatable bonds is 8. The van der Waals surface area contributed by atoms with E-state index in [2.05, 4.69) is 20.6 Å². The van der Waals surface area contributed by atoms with Crippen molar-refractivity contribution in [1.82, 2.24) is 15.3 Å². The van der Waals surface area contributed by atoms with E-state index < -0.39 is 5.91 Å². The molecule has 0 saturated heterocycles. The Kier molecular flexibility index (Phi) is 7.38. The molecule has 1 amide bonds. The van der Waals surface area contributed by atoms with Gasteiger partial charge in [0.25, 0.3) is 5.91 Å². The fourth-order valence-electron chi connectivity index (χ4n) is 1.27. The highest BCUT2D eigenvalue weighted by Crippen LogP contribution is 1.98. The molecule has 0 aliphatic heterocycles. The van der Waals surface area contributed by atoms with Gasteiger partial charge in [-0.15, -0.1) is 0 Å². The van der Waals surface area contributed by atoms with Crippen LogP contribution in [0.15, 0.2) is 30.2 Å². The highest BCUT2D eigenvalue weighted by atomic mass is 16.5. The van der Waals surface area contributed by atoms with Crippen molar-refractivity contribution in [2.24, 2.45) is 0 Å². The van der Waals surface area contributed by atoms with Crippen LogP contribution in [0.4, 0.5) is 5.95 Å². The first-order valence-corrected chi connectivity index (χ1v) is 6.27. The number of hydrogen-bond acceptors (Lipinski definition) is 6. The summed E-state index contributed by atoms with van der Waals surface area (Å²) in [7, 11) is 0. The van der Waals surface area contributed by atoms with Crippen LogP contribution in [0.3, 0.4) is 0 Å². The summed E-state index contributed by atoms with van der Waals surface area (Å²) in [5.41, 5.74) is -0.0335. The summed E-state index contributed by atoms with van der Waals surface area (Å²) in [6.45, 7) is 3.60. The summed E-state index contributed by atoms with van der Waals surface area (Å²) >= 11 is 0. The van der Waals surface area contributed by atoms with Gasteiger partial charge in [-0.25, -0.2) is 9.97 Å². The van der Waals surface area contributed by atoms with E-state index in [1.165, 1.54) is 6.20 Å². The Labute approximate surface area is 117 Å². The predicted molar refractivity (Wildman–Crippen MR) is 73.5 cm³/mol. The van der Waals surface area contributed by atoms with Gasteiger partial charge in [-0.3, -0.25) is 4.79 Å². The Morgan fingerprint density at radius 1 is 1.50 bits per heavy atom. The van der Waals surface area contributed by atoms with Crippen LogP contribution in [-0.2, 0) is 9.53 Å². The lowest BCUT2D eigenvalue weighted by molar-refractivity contribution is -0.117. The highest BCUT2D eigenvalue weighted by Gasteiger charge is 2.07. The second kappa shape index (κ2) is 9.47. The maximum absolute atomic E-state index is 11.7. The van der Waals surface area contributed by atoms with Gasteiger partial charge in [-0.1, -0.05) is 0 Å². The van der Waals surface area contributed by atoms with E-state index in [0.717, 1.165) is 0 Å². The second-order valence-corrected chi connectivity index (χ2v) is 3.69. The lowest BCUT2D eigenvalue weighted by Gasteiger charge is -2.04. The zero-order valence-electron chi connectivity index (χ0n) is 11.3. The minimum atomic E-state index is -0.438. The molecule has 0 aromatic carbocycles. The lowest BCUT2D eigenvalue weighted by atomic mass is 10.3. The van der Waals surface area contributed by atoms with Gasteiger partial charge in [0.1, 0.15) is 11.6 Å². The minimum absolute atomic E-state index is 0.0335. The number of aromatic nitrogens is 2. The number of amides is 1. The summed E-state index contributed by atoms with van der Waals surface area (Å²) in [6, 6.07) is 3.50. The topological polar surface area (TPSA) is 99.9 Å². The Morgan fingerprint density at radius 2 is 2.25 bits per heavy atom. The first-order chi connectivity index (χ1) is 9.77. The smallest absolute Gasteiger partial charge is 0.263 e. The molecule has 0 radical (unpaired) electrons. The molecule has 20 heavy (non-hydrogen) atoms. The fraction of sp³-hybridized carbons (Fsp3) is 0.385.